The maximum atomic E-state index is 12.8. The second-order valence-corrected chi connectivity index (χ2v) is 8.16. The van der Waals surface area contributed by atoms with Crippen molar-refractivity contribution in [3.63, 3.8) is 0 Å². The van der Waals surface area contributed by atoms with E-state index in [0.717, 1.165) is 24.0 Å². The second kappa shape index (κ2) is 12.0. The molecular formula is C25H31N3O4. The number of hydrogen-bond acceptors (Lipinski definition) is 4. The van der Waals surface area contributed by atoms with E-state index in [2.05, 4.69) is 10.6 Å². The molecule has 32 heavy (non-hydrogen) atoms. The molecule has 1 saturated carbocycles. The highest BCUT2D eigenvalue weighted by molar-refractivity contribution is 5.87. The summed E-state index contributed by atoms with van der Waals surface area (Å²) in [6.07, 6.45) is 2.92. The van der Waals surface area contributed by atoms with Gasteiger partial charge in [-0.2, -0.15) is 0 Å². The van der Waals surface area contributed by atoms with Crippen molar-refractivity contribution in [3.8, 4) is 0 Å². The van der Waals surface area contributed by atoms with Crippen LogP contribution in [0.5, 0.6) is 0 Å². The molecule has 2 aromatic rings. The summed E-state index contributed by atoms with van der Waals surface area (Å²) in [4.78, 5) is 36.9. The van der Waals surface area contributed by atoms with E-state index >= 15 is 0 Å². The van der Waals surface area contributed by atoms with Gasteiger partial charge in [0, 0.05) is 12.5 Å². The molecule has 1 fully saturated rings. The van der Waals surface area contributed by atoms with Gasteiger partial charge in [-0.25, -0.2) is 0 Å². The first-order valence-electron chi connectivity index (χ1n) is 11.1. The average molecular weight is 438 g/mol. The van der Waals surface area contributed by atoms with E-state index in [4.69, 9.17) is 10.5 Å². The molecule has 0 spiro atoms. The Morgan fingerprint density at radius 2 is 1.56 bits per heavy atom. The molecule has 0 saturated heterocycles. The predicted octanol–water partition coefficient (Wildman–Crippen LogP) is 2.09. The first-order valence-corrected chi connectivity index (χ1v) is 11.1. The Kier molecular flexibility index (Phi) is 8.80. The third kappa shape index (κ3) is 7.20. The number of carbonyl (C=O) groups excluding carboxylic acids is 3. The molecule has 3 amide bonds. The first kappa shape index (κ1) is 23.5. The Balaban J connectivity index is 1.56. The van der Waals surface area contributed by atoms with Gasteiger partial charge in [0.15, 0.2) is 0 Å². The van der Waals surface area contributed by atoms with Crippen LogP contribution in [0.1, 0.15) is 36.8 Å². The van der Waals surface area contributed by atoms with Gasteiger partial charge in [0.1, 0.15) is 6.10 Å². The number of hydrogen-bond donors (Lipinski definition) is 3. The van der Waals surface area contributed by atoms with E-state index < -0.39 is 12.0 Å². The number of rotatable bonds is 10. The molecule has 0 unspecified atom stereocenters. The van der Waals surface area contributed by atoms with Gasteiger partial charge < -0.3 is 21.1 Å². The minimum atomic E-state index is -0.738. The van der Waals surface area contributed by atoms with Crippen molar-refractivity contribution in [1.82, 2.24) is 10.6 Å². The van der Waals surface area contributed by atoms with Crippen LogP contribution in [-0.2, 0) is 32.1 Å². The summed E-state index contributed by atoms with van der Waals surface area (Å²) in [7, 11) is 0. The van der Waals surface area contributed by atoms with E-state index in [9.17, 15) is 14.4 Å². The number of carbonyl (C=O) groups is 3. The molecule has 1 aliphatic carbocycles. The lowest BCUT2D eigenvalue weighted by atomic mass is 9.84. The number of benzene rings is 2. The number of amides is 3. The molecule has 0 heterocycles. The summed E-state index contributed by atoms with van der Waals surface area (Å²) in [5.74, 6) is -1.44. The zero-order valence-corrected chi connectivity index (χ0v) is 18.2. The van der Waals surface area contributed by atoms with E-state index in [1.54, 1.807) is 0 Å². The summed E-state index contributed by atoms with van der Waals surface area (Å²) >= 11 is 0. The smallest absolute Gasteiger partial charge is 0.249 e. The van der Waals surface area contributed by atoms with E-state index in [1.165, 1.54) is 0 Å². The van der Waals surface area contributed by atoms with Crippen LogP contribution < -0.4 is 16.4 Å². The molecule has 0 radical (unpaired) electrons. The lowest BCUT2D eigenvalue weighted by molar-refractivity contribution is -0.136. The van der Waals surface area contributed by atoms with Gasteiger partial charge in [-0.3, -0.25) is 14.4 Å². The van der Waals surface area contributed by atoms with Crippen molar-refractivity contribution >= 4 is 17.7 Å². The maximum Gasteiger partial charge on any atom is 0.249 e. The minimum absolute atomic E-state index is 0.180. The van der Waals surface area contributed by atoms with Crippen LogP contribution in [-0.4, -0.2) is 36.4 Å². The zero-order valence-electron chi connectivity index (χ0n) is 18.2. The van der Waals surface area contributed by atoms with Crippen LogP contribution in [0.25, 0.3) is 0 Å². The highest BCUT2D eigenvalue weighted by atomic mass is 16.5. The number of nitrogens with one attached hydrogen (secondary N) is 2. The Morgan fingerprint density at radius 3 is 2.22 bits per heavy atom. The SMILES string of the molecule is NC(=O)[C@@H]1CCCC[C@H]1NC(=O)CNC(=O)[C@H](Cc1ccccc1)OCc1ccccc1. The normalized spacial score (nSPS) is 19.0. The molecular weight excluding hydrogens is 406 g/mol. The van der Waals surface area contributed by atoms with Crippen molar-refractivity contribution in [2.75, 3.05) is 6.54 Å². The Labute approximate surface area is 188 Å². The van der Waals surface area contributed by atoms with Crippen LogP contribution in [0, 0.1) is 5.92 Å². The van der Waals surface area contributed by atoms with Gasteiger partial charge in [-0.15, -0.1) is 0 Å². The minimum Gasteiger partial charge on any atom is -0.369 e. The Bertz CT molecular complexity index is 889. The first-order chi connectivity index (χ1) is 15.5. The van der Waals surface area contributed by atoms with Gasteiger partial charge in [0.25, 0.3) is 0 Å². The van der Waals surface area contributed by atoms with E-state index in [1.807, 2.05) is 60.7 Å². The molecule has 170 valence electrons. The molecule has 4 N–H and O–H groups in total. The zero-order chi connectivity index (χ0) is 22.8. The van der Waals surface area contributed by atoms with Gasteiger partial charge in [0.2, 0.25) is 17.7 Å². The van der Waals surface area contributed by atoms with Crippen molar-refractivity contribution in [3.05, 3.63) is 71.8 Å². The third-order valence-corrected chi connectivity index (χ3v) is 5.75. The molecule has 7 heteroatoms. The molecule has 1 aliphatic rings. The maximum absolute atomic E-state index is 12.8. The summed E-state index contributed by atoms with van der Waals surface area (Å²) < 4.78 is 5.92. The van der Waals surface area contributed by atoms with E-state index in [-0.39, 0.29) is 30.3 Å². The highest BCUT2D eigenvalue weighted by Gasteiger charge is 2.30. The third-order valence-electron chi connectivity index (χ3n) is 5.75. The quantitative estimate of drug-likeness (QED) is 0.529. The van der Waals surface area contributed by atoms with Gasteiger partial charge in [-0.1, -0.05) is 73.5 Å². The monoisotopic (exact) mass is 437 g/mol. The standard InChI is InChI=1S/C25H31N3O4/c26-24(30)20-13-7-8-14-21(20)28-23(29)16-27-25(31)22(15-18-9-3-1-4-10-18)32-17-19-11-5-2-6-12-19/h1-6,9-12,20-22H,7-8,13-17H2,(H2,26,30)(H,27,31)(H,28,29)/t20-,21-,22+/m1/s1. The van der Waals surface area contributed by atoms with Crippen LogP contribution in [0.3, 0.4) is 0 Å². The molecule has 3 atom stereocenters. The fraction of sp³-hybridized carbons (Fsp3) is 0.400. The lowest BCUT2D eigenvalue weighted by Crippen LogP contribution is -2.50. The van der Waals surface area contributed by atoms with Crippen molar-refractivity contribution in [1.29, 1.82) is 0 Å². The fourth-order valence-electron chi connectivity index (χ4n) is 4.01. The molecule has 7 nitrogen and oxygen atoms in total. The fourth-order valence-corrected chi connectivity index (χ4v) is 4.01. The lowest BCUT2D eigenvalue weighted by Gasteiger charge is -2.30. The average Bonchev–Trinajstić information content (AvgIpc) is 2.81. The van der Waals surface area contributed by atoms with Gasteiger partial charge >= 0.3 is 0 Å². The van der Waals surface area contributed by atoms with E-state index in [0.29, 0.717) is 25.9 Å². The summed E-state index contributed by atoms with van der Waals surface area (Å²) in [6.45, 7) is 0.112. The van der Waals surface area contributed by atoms with Crippen LogP contribution in [0.2, 0.25) is 0 Å². The van der Waals surface area contributed by atoms with Crippen molar-refractivity contribution < 1.29 is 19.1 Å². The van der Waals surface area contributed by atoms with Crippen LogP contribution in [0.15, 0.2) is 60.7 Å². The number of ether oxygens (including phenoxy) is 1. The Hall–Kier alpha value is -3.19. The largest absolute Gasteiger partial charge is 0.369 e. The molecule has 2 aromatic carbocycles. The molecule has 0 bridgehead atoms. The Morgan fingerprint density at radius 1 is 0.938 bits per heavy atom. The predicted molar refractivity (Wildman–Crippen MR) is 121 cm³/mol. The van der Waals surface area contributed by atoms with Gasteiger partial charge in [0.05, 0.1) is 19.1 Å². The molecule has 3 rings (SSSR count). The van der Waals surface area contributed by atoms with Crippen LogP contribution >= 0.6 is 0 Å². The van der Waals surface area contributed by atoms with Crippen molar-refractivity contribution in [2.24, 2.45) is 11.7 Å². The highest BCUT2D eigenvalue weighted by Crippen LogP contribution is 2.24. The summed E-state index contributed by atoms with van der Waals surface area (Å²) in [5.41, 5.74) is 7.41. The van der Waals surface area contributed by atoms with Crippen molar-refractivity contribution in [2.45, 2.75) is 50.9 Å². The number of primary amides is 1. The summed E-state index contributed by atoms with van der Waals surface area (Å²) in [5, 5.41) is 5.54. The topological polar surface area (TPSA) is 111 Å². The summed E-state index contributed by atoms with van der Waals surface area (Å²) in [6, 6.07) is 19.0. The molecule has 0 aromatic heterocycles. The van der Waals surface area contributed by atoms with Crippen LogP contribution in [0.4, 0.5) is 0 Å². The second-order valence-electron chi connectivity index (χ2n) is 8.16. The molecule has 0 aliphatic heterocycles. The van der Waals surface area contributed by atoms with Gasteiger partial charge in [-0.05, 0) is 24.0 Å². The number of nitrogens with two attached hydrogens (primary N) is 1.